The number of benzene rings is 2. The molecule has 0 radical (unpaired) electrons. The van der Waals surface area contributed by atoms with Gasteiger partial charge in [0.25, 0.3) is 0 Å². The first-order valence-corrected chi connectivity index (χ1v) is 5.38. The average Bonchev–Trinajstić information content (AvgIpc) is 2.29. The Morgan fingerprint density at radius 2 is 1.39 bits per heavy atom. The van der Waals surface area contributed by atoms with Crippen LogP contribution in [-0.2, 0) is 6.18 Å². The van der Waals surface area contributed by atoms with E-state index in [1.54, 1.807) is 0 Å². The van der Waals surface area contributed by atoms with Crippen molar-refractivity contribution in [1.29, 1.82) is 0 Å². The Bertz CT molecular complexity index is 558. The second-order valence-electron chi connectivity index (χ2n) is 3.70. The highest BCUT2D eigenvalue weighted by molar-refractivity contribution is 6.31. The molecular formula is C13H7ClF4. The smallest absolute Gasteiger partial charge is 0.207 e. The van der Waals surface area contributed by atoms with Crippen molar-refractivity contribution in [3.05, 3.63) is 58.9 Å². The van der Waals surface area contributed by atoms with Crippen LogP contribution in [0.4, 0.5) is 17.6 Å². The van der Waals surface area contributed by atoms with Crippen molar-refractivity contribution in [1.82, 2.24) is 0 Å². The molecule has 0 heterocycles. The van der Waals surface area contributed by atoms with Crippen molar-refractivity contribution < 1.29 is 17.6 Å². The standard InChI is InChI=1S/C13H7ClF4/c14-12-6-3-9(7-11(12)13(16,17)18)8-1-4-10(15)5-2-8/h1-7H. The first-order chi connectivity index (χ1) is 8.38. The number of halogens is 5. The SMILES string of the molecule is Fc1ccc(-c2ccc(Cl)c(C(F)(F)F)c2)cc1. The van der Waals surface area contributed by atoms with E-state index in [9.17, 15) is 17.6 Å². The monoisotopic (exact) mass is 274 g/mol. The first-order valence-electron chi connectivity index (χ1n) is 5.00. The fourth-order valence-electron chi connectivity index (χ4n) is 1.56. The first kappa shape index (κ1) is 12.9. The van der Waals surface area contributed by atoms with Gasteiger partial charge in [-0.2, -0.15) is 13.2 Å². The highest BCUT2D eigenvalue weighted by Crippen LogP contribution is 2.37. The third-order valence-corrected chi connectivity index (χ3v) is 2.78. The lowest BCUT2D eigenvalue weighted by Gasteiger charge is -2.11. The van der Waals surface area contributed by atoms with E-state index in [2.05, 4.69) is 0 Å². The quantitative estimate of drug-likeness (QED) is 0.630. The molecule has 0 nitrogen and oxygen atoms in total. The molecule has 0 aliphatic carbocycles. The van der Waals surface area contributed by atoms with E-state index in [0.717, 1.165) is 6.07 Å². The Morgan fingerprint density at radius 1 is 0.833 bits per heavy atom. The van der Waals surface area contributed by atoms with Gasteiger partial charge >= 0.3 is 6.18 Å². The molecule has 94 valence electrons. The van der Waals surface area contributed by atoms with Gasteiger partial charge in [-0.1, -0.05) is 29.8 Å². The lowest BCUT2D eigenvalue weighted by molar-refractivity contribution is -0.137. The van der Waals surface area contributed by atoms with Gasteiger partial charge < -0.3 is 0 Å². The minimum absolute atomic E-state index is 0.340. The summed E-state index contributed by atoms with van der Waals surface area (Å²) in [7, 11) is 0. The summed E-state index contributed by atoms with van der Waals surface area (Å²) in [6.45, 7) is 0. The highest BCUT2D eigenvalue weighted by atomic mass is 35.5. The fourth-order valence-corrected chi connectivity index (χ4v) is 1.79. The molecule has 0 aliphatic heterocycles. The maximum Gasteiger partial charge on any atom is 0.417 e. The number of hydrogen-bond acceptors (Lipinski definition) is 0. The molecule has 0 atom stereocenters. The molecule has 0 aliphatic rings. The van der Waals surface area contributed by atoms with Crippen molar-refractivity contribution in [3.8, 4) is 11.1 Å². The minimum Gasteiger partial charge on any atom is -0.207 e. The van der Waals surface area contributed by atoms with E-state index in [-0.39, 0.29) is 5.02 Å². The van der Waals surface area contributed by atoms with Crippen molar-refractivity contribution in [2.45, 2.75) is 6.18 Å². The normalized spacial score (nSPS) is 11.6. The van der Waals surface area contributed by atoms with Crippen LogP contribution in [0, 0.1) is 5.82 Å². The summed E-state index contributed by atoms with van der Waals surface area (Å²) < 4.78 is 50.7. The molecule has 0 aromatic heterocycles. The molecule has 18 heavy (non-hydrogen) atoms. The average molecular weight is 275 g/mol. The predicted molar refractivity (Wildman–Crippen MR) is 61.8 cm³/mol. The van der Waals surface area contributed by atoms with Crippen LogP contribution < -0.4 is 0 Å². The van der Waals surface area contributed by atoms with Crippen LogP contribution in [-0.4, -0.2) is 0 Å². The summed E-state index contributed by atoms with van der Waals surface area (Å²) in [4.78, 5) is 0. The van der Waals surface area contributed by atoms with Crippen molar-refractivity contribution in [3.63, 3.8) is 0 Å². The summed E-state index contributed by atoms with van der Waals surface area (Å²) in [6.07, 6.45) is -4.51. The van der Waals surface area contributed by atoms with Crippen molar-refractivity contribution >= 4 is 11.6 Å². The largest absolute Gasteiger partial charge is 0.417 e. The maximum atomic E-state index is 12.7. The molecule has 0 N–H and O–H groups in total. The Labute approximate surface area is 106 Å². The highest BCUT2D eigenvalue weighted by Gasteiger charge is 2.33. The predicted octanol–water partition coefficient (Wildman–Crippen LogP) is 5.16. The number of rotatable bonds is 1. The second-order valence-corrected chi connectivity index (χ2v) is 4.11. The Hall–Kier alpha value is -1.55. The minimum atomic E-state index is -4.51. The zero-order chi connectivity index (χ0) is 13.3. The zero-order valence-corrected chi connectivity index (χ0v) is 9.69. The van der Waals surface area contributed by atoms with Crippen LogP contribution in [0.3, 0.4) is 0 Å². The van der Waals surface area contributed by atoms with Gasteiger partial charge in [0.05, 0.1) is 10.6 Å². The van der Waals surface area contributed by atoms with Crippen LogP contribution in [0.2, 0.25) is 5.02 Å². The molecule has 2 rings (SSSR count). The summed E-state index contributed by atoms with van der Waals surface area (Å²) in [5.41, 5.74) is -0.0590. The zero-order valence-electron chi connectivity index (χ0n) is 8.93. The van der Waals surface area contributed by atoms with Gasteiger partial charge in [-0.15, -0.1) is 0 Å². The molecule has 0 fully saturated rings. The van der Waals surface area contributed by atoms with Gasteiger partial charge in [-0.3, -0.25) is 0 Å². The summed E-state index contributed by atoms with van der Waals surface area (Å²) >= 11 is 5.51. The van der Waals surface area contributed by atoms with Crippen LogP contribution in [0.5, 0.6) is 0 Å². The van der Waals surface area contributed by atoms with Crippen LogP contribution in [0.25, 0.3) is 11.1 Å². The van der Waals surface area contributed by atoms with Gasteiger partial charge in [-0.25, -0.2) is 4.39 Å². The van der Waals surface area contributed by atoms with E-state index in [1.807, 2.05) is 0 Å². The van der Waals surface area contributed by atoms with Gasteiger partial charge in [0, 0.05) is 0 Å². The van der Waals surface area contributed by atoms with Crippen LogP contribution >= 0.6 is 11.6 Å². The van der Waals surface area contributed by atoms with Crippen molar-refractivity contribution in [2.75, 3.05) is 0 Å². The lowest BCUT2D eigenvalue weighted by atomic mass is 10.0. The Kier molecular flexibility index (Phi) is 3.30. The van der Waals surface area contributed by atoms with Crippen LogP contribution in [0.1, 0.15) is 5.56 Å². The molecule has 0 bridgehead atoms. The Morgan fingerprint density at radius 3 is 1.94 bits per heavy atom. The van der Waals surface area contributed by atoms with E-state index < -0.39 is 17.6 Å². The summed E-state index contributed by atoms with van der Waals surface area (Å²) in [5, 5.41) is -0.353. The van der Waals surface area contributed by atoms with E-state index in [0.29, 0.717) is 11.1 Å². The number of hydrogen-bond donors (Lipinski definition) is 0. The van der Waals surface area contributed by atoms with Crippen LogP contribution in [0.15, 0.2) is 42.5 Å². The van der Waals surface area contributed by atoms with E-state index in [1.165, 1.54) is 36.4 Å². The molecule has 0 saturated heterocycles. The summed E-state index contributed by atoms with van der Waals surface area (Å²) in [5.74, 6) is -0.441. The molecule has 0 saturated carbocycles. The van der Waals surface area contributed by atoms with E-state index >= 15 is 0 Å². The molecule has 2 aromatic carbocycles. The third-order valence-electron chi connectivity index (χ3n) is 2.45. The van der Waals surface area contributed by atoms with Gasteiger partial charge in [-0.05, 0) is 35.4 Å². The van der Waals surface area contributed by atoms with Gasteiger partial charge in [0.2, 0.25) is 0 Å². The molecule has 5 heteroatoms. The molecular weight excluding hydrogens is 268 g/mol. The topological polar surface area (TPSA) is 0 Å². The van der Waals surface area contributed by atoms with Gasteiger partial charge in [0.1, 0.15) is 5.82 Å². The maximum absolute atomic E-state index is 12.7. The third kappa shape index (κ3) is 2.64. The molecule has 0 amide bonds. The molecule has 2 aromatic rings. The van der Waals surface area contributed by atoms with Gasteiger partial charge in [0.15, 0.2) is 0 Å². The number of alkyl halides is 3. The van der Waals surface area contributed by atoms with E-state index in [4.69, 9.17) is 11.6 Å². The second kappa shape index (κ2) is 4.61. The fraction of sp³-hybridized carbons (Fsp3) is 0.0769. The molecule has 0 spiro atoms. The van der Waals surface area contributed by atoms with Crippen molar-refractivity contribution in [2.24, 2.45) is 0 Å². The molecule has 0 unspecified atom stereocenters. The lowest BCUT2D eigenvalue weighted by Crippen LogP contribution is -2.05. The summed E-state index contributed by atoms with van der Waals surface area (Å²) in [6, 6.07) is 8.81. The Balaban J connectivity index is 2.50.